The number of para-hydroxylation sites is 3. The van der Waals surface area contributed by atoms with Crippen LogP contribution < -0.4 is 9.80 Å². The lowest BCUT2D eigenvalue weighted by atomic mass is 10.0. The fourth-order valence-corrected chi connectivity index (χ4v) is 11.1. The van der Waals surface area contributed by atoms with E-state index < -0.39 is 0 Å². The van der Waals surface area contributed by atoms with Crippen molar-refractivity contribution >= 4 is 86.5 Å². The van der Waals surface area contributed by atoms with Crippen LogP contribution in [0.25, 0.3) is 50.1 Å². The molecule has 72 heavy (non-hydrogen) atoms. The van der Waals surface area contributed by atoms with Crippen LogP contribution in [0, 0.1) is 22.7 Å². The summed E-state index contributed by atoms with van der Waals surface area (Å²) in [5, 5.41) is 18.5. The molecule has 0 saturated heterocycles. The Morgan fingerprint density at radius 1 is 0.500 bits per heavy atom. The molecule has 9 aromatic rings. The number of anilines is 6. The molecule has 0 aliphatic rings. The Balaban J connectivity index is 0.963. The van der Waals surface area contributed by atoms with Gasteiger partial charge in [-0.1, -0.05) is 180 Å². The number of unbranched alkanes of at least 4 members (excludes halogenated alkanes) is 9. The van der Waals surface area contributed by atoms with Crippen LogP contribution in [-0.4, -0.2) is 8.75 Å². The van der Waals surface area contributed by atoms with Gasteiger partial charge in [0.05, 0.1) is 11.7 Å². The molecule has 0 spiro atoms. The number of thiophene rings is 1. The van der Waals surface area contributed by atoms with E-state index in [1.54, 1.807) is 6.08 Å². The number of hydrogen-bond donors (Lipinski definition) is 0. The average Bonchev–Trinajstić information content (AvgIpc) is 4.11. The predicted molar refractivity (Wildman–Crippen MR) is 306 cm³/mol. The monoisotopic (exact) mass is 974 g/mol. The number of allylic oxidation sites excluding steroid dienone is 1. The molecule has 0 unspecified atom stereocenters. The van der Waals surface area contributed by atoms with Gasteiger partial charge in [0.25, 0.3) is 0 Å². The Labute approximate surface area is 433 Å². The number of nitriles is 2. The largest absolute Gasteiger partial charge is 0.311 e. The molecular formula is C64H58N6S2. The van der Waals surface area contributed by atoms with Gasteiger partial charge in [-0.05, 0) is 120 Å². The predicted octanol–water partition coefficient (Wildman–Crippen LogP) is 19.1. The van der Waals surface area contributed by atoms with E-state index in [1.165, 1.54) is 96.8 Å². The van der Waals surface area contributed by atoms with E-state index in [0.29, 0.717) is 0 Å². The van der Waals surface area contributed by atoms with Crippen molar-refractivity contribution < 1.29 is 0 Å². The number of fused-ring (bicyclic) bond motifs is 1. The normalized spacial score (nSPS) is 11.1. The lowest BCUT2D eigenvalue weighted by Gasteiger charge is -2.25. The fourth-order valence-electron chi connectivity index (χ4n) is 9.30. The van der Waals surface area contributed by atoms with Crippen LogP contribution in [0.5, 0.6) is 0 Å². The Morgan fingerprint density at radius 3 is 1.50 bits per heavy atom. The molecule has 0 radical (unpaired) electrons. The van der Waals surface area contributed by atoms with Gasteiger partial charge >= 0.3 is 0 Å². The molecule has 0 bridgehead atoms. The quantitative estimate of drug-likeness (QED) is 0.0382. The van der Waals surface area contributed by atoms with E-state index in [4.69, 9.17) is 8.75 Å². The maximum atomic E-state index is 9.25. The van der Waals surface area contributed by atoms with E-state index in [-0.39, 0.29) is 5.57 Å². The Morgan fingerprint density at radius 2 is 0.972 bits per heavy atom. The molecule has 2 heterocycles. The van der Waals surface area contributed by atoms with Gasteiger partial charge in [0.15, 0.2) is 0 Å². The molecule has 0 saturated carbocycles. The van der Waals surface area contributed by atoms with E-state index in [0.717, 1.165) is 73.8 Å². The van der Waals surface area contributed by atoms with Crippen LogP contribution in [0.15, 0.2) is 188 Å². The van der Waals surface area contributed by atoms with Crippen LogP contribution >= 0.6 is 23.1 Å². The van der Waals surface area contributed by atoms with Crippen molar-refractivity contribution in [3.05, 3.63) is 210 Å². The molecule has 0 fully saturated rings. The molecule has 6 nitrogen and oxygen atoms in total. The van der Waals surface area contributed by atoms with E-state index in [2.05, 4.69) is 168 Å². The highest BCUT2D eigenvalue weighted by molar-refractivity contribution is 7.19. The maximum absolute atomic E-state index is 9.25. The number of benzene rings is 7. The van der Waals surface area contributed by atoms with Crippen LogP contribution in [0.3, 0.4) is 0 Å². The third-order valence-corrected chi connectivity index (χ3v) is 14.8. The average molecular weight is 975 g/mol. The van der Waals surface area contributed by atoms with Crippen molar-refractivity contribution in [2.45, 2.75) is 77.6 Å². The Bertz CT molecular complexity index is 3230. The van der Waals surface area contributed by atoms with Gasteiger partial charge in [0.2, 0.25) is 0 Å². The fraction of sp³-hybridized carbons (Fsp3) is 0.188. The number of aryl methyl sites for hydroxylation is 1. The number of hydrogen-bond acceptors (Lipinski definition) is 8. The second kappa shape index (κ2) is 24.8. The van der Waals surface area contributed by atoms with Gasteiger partial charge in [-0.15, -0.1) is 11.3 Å². The van der Waals surface area contributed by atoms with E-state index in [9.17, 15) is 10.5 Å². The third kappa shape index (κ3) is 12.2. The molecule has 7 aromatic carbocycles. The molecule has 0 N–H and O–H groups in total. The van der Waals surface area contributed by atoms with E-state index in [1.807, 2.05) is 65.9 Å². The second-order valence-electron chi connectivity index (χ2n) is 18.1. The lowest BCUT2D eigenvalue weighted by molar-refractivity contribution is 0.556. The number of rotatable bonds is 22. The van der Waals surface area contributed by atoms with Crippen molar-refractivity contribution in [2.75, 3.05) is 9.80 Å². The summed E-state index contributed by atoms with van der Waals surface area (Å²) in [4.78, 5) is 7.06. The van der Waals surface area contributed by atoms with Crippen molar-refractivity contribution in [1.82, 2.24) is 8.75 Å². The summed E-state index contributed by atoms with van der Waals surface area (Å²) >= 11 is 3.14. The standard InChI is InChI=1S/C64H58N6S2/c1-2-3-4-5-6-7-8-9-10-14-21-53-45-61(71-64(53)52-34-41-59(42-35-52)69(54-22-15-11-16-23-54)55-24-17-12-18-25-55)60-43-36-51(62-63(60)68-72-67-62)33-28-48-29-37-57(38-30-48)70(56-26-19-13-20-27-56)58-39-31-49(32-40-58)44-50(46-65)47-66/h11-13,15-20,22-45H,2-10,14,21H2,1H3/b33-28+. The zero-order valence-electron chi connectivity index (χ0n) is 40.8. The molecule has 0 aliphatic carbocycles. The van der Waals surface area contributed by atoms with Crippen molar-refractivity contribution in [2.24, 2.45) is 0 Å². The molecule has 0 aliphatic heterocycles. The highest BCUT2D eigenvalue weighted by Crippen LogP contribution is 2.43. The van der Waals surface area contributed by atoms with E-state index >= 15 is 0 Å². The first-order valence-electron chi connectivity index (χ1n) is 25.2. The SMILES string of the molecule is CCCCCCCCCCCCc1cc(-c2ccc(/C=C/c3ccc(N(c4ccccc4)c4ccc(C=C(C#N)C#N)cc4)cc3)c3nsnc23)sc1-c1ccc(N(c2ccccc2)c2ccccc2)cc1. The minimum atomic E-state index is 0.0722. The Hall–Kier alpha value is -7.88. The second-order valence-corrected chi connectivity index (χ2v) is 19.7. The Kier molecular flexibility index (Phi) is 16.9. The smallest absolute Gasteiger partial charge is 0.130 e. The van der Waals surface area contributed by atoms with Gasteiger partial charge in [-0.25, -0.2) is 0 Å². The number of nitrogens with zero attached hydrogens (tertiary/aromatic N) is 6. The molecule has 356 valence electrons. The topological polar surface area (TPSA) is 79.8 Å². The van der Waals surface area contributed by atoms with Gasteiger partial charge in [-0.2, -0.15) is 19.3 Å². The zero-order valence-corrected chi connectivity index (χ0v) is 42.5. The molecule has 8 heteroatoms. The van der Waals surface area contributed by atoms with Crippen LogP contribution in [0.1, 0.15) is 93.4 Å². The summed E-state index contributed by atoms with van der Waals surface area (Å²) in [5.41, 5.74) is 14.9. The molecule has 9 rings (SSSR count). The van der Waals surface area contributed by atoms with Gasteiger partial charge in [0.1, 0.15) is 28.7 Å². The molecular weight excluding hydrogens is 917 g/mol. The van der Waals surface area contributed by atoms with Gasteiger partial charge < -0.3 is 9.80 Å². The van der Waals surface area contributed by atoms with Gasteiger partial charge in [0, 0.05) is 55.0 Å². The molecule has 0 amide bonds. The zero-order chi connectivity index (χ0) is 49.3. The molecule has 2 aromatic heterocycles. The van der Waals surface area contributed by atoms with Crippen molar-refractivity contribution in [3.8, 4) is 33.0 Å². The van der Waals surface area contributed by atoms with Crippen LogP contribution in [0.4, 0.5) is 34.1 Å². The summed E-state index contributed by atoms with van der Waals surface area (Å²) in [6, 6.07) is 67.7. The number of aromatic nitrogens is 2. The maximum Gasteiger partial charge on any atom is 0.130 e. The van der Waals surface area contributed by atoms with Crippen molar-refractivity contribution in [3.63, 3.8) is 0 Å². The summed E-state index contributed by atoms with van der Waals surface area (Å²) in [5.74, 6) is 0. The highest BCUT2D eigenvalue weighted by atomic mass is 32.1. The highest BCUT2D eigenvalue weighted by Gasteiger charge is 2.19. The third-order valence-electron chi connectivity index (χ3n) is 13.1. The summed E-state index contributed by atoms with van der Waals surface area (Å²) in [7, 11) is 0. The van der Waals surface area contributed by atoms with Gasteiger partial charge in [-0.3, -0.25) is 0 Å². The minimum Gasteiger partial charge on any atom is -0.311 e. The lowest BCUT2D eigenvalue weighted by Crippen LogP contribution is -2.09. The summed E-state index contributed by atoms with van der Waals surface area (Å²) < 4.78 is 9.78. The molecule has 0 atom stereocenters. The first kappa shape index (κ1) is 49.1. The first-order valence-corrected chi connectivity index (χ1v) is 26.8. The van der Waals surface area contributed by atoms with Crippen LogP contribution in [-0.2, 0) is 6.42 Å². The van der Waals surface area contributed by atoms with Crippen molar-refractivity contribution in [1.29, 1.82) is 10.5 Å². The van der Waals surface area contributed by atoms with Crippen LogP contribution in [0.2, 0.25) is 0 Å². The summed E-state index contributed by atoms with van der Waals surface area (Å²) in [6.45, 7) is 2.29. The minimum absolute atomic E-state index is 0.0722. The first-order chi connectivity index (χ1) is 35.6. The summed E-state index contributed by atoms with van der Waals surface area (Å²) in [6.07, 6.45) is 20.1.